The molecule has 0 heterocycles. The third-order valence-electron chi connectivity index (χ3n) is 2.92. The van der Waals surface area contributed by atoms with Crippen molar-refractivity contribution >= 4 is 27.6 Å². The summed E-state index contributed by atoms with van der Waals surface area (Å²) in [5.41, 5.74) is 0.242. The van der Waals surface area contributed by atoms with Crippen LogP contribution in [0.4, 0.5) is 5.69 Å². The monoisotopic (exact) mass is 328 g/mol. The lowest BCUT2D eigenvalue weighted by atomic mass is 9.95. The van der Waals surface area contributed by atoms with Crippen LogP contribution in [0.25, 0.3) is 0 Å². The van der Waals surface area contributed by atoms with Crippen molar-refractivity contribution in [2.75, 3.05) is 11.9 Å². The van der Waals surface area contributed by atoms with Crippen LogP contribution in [-0.4, -0.2) is 26.9 Å². The maximum absolute atomic E-state index is 12.2. The van der Waals surface area contributed by atoms with Crippen LogP contribution >= 0.6 is 0 Å². The van der Waals surface area contributed by atoms with Crippen LogP contribution < -0.4 is 10.5 Å². The van der Waals surface area contributed by atoms with Gasteiger partial charge in [-0.05, 0) is 31.0 Å². The van der Waals surface area contributed by atoms with Crippen molar-refractivity contribution in [3.8, 4) is 0 Å². The zero-order chi connectivity index (χ0) is 16.9. The molecule has 3 N–H and O–H groups in total. The molecule has 0 bridgehead atoms. The number of primary sulfonamides is 1. The van der Waals surface area contributed by atoms with E-state index in [-0.39, 0.29) is 23.1 Å². The summed E-state index contributed by atoms with van der Waals surface area (Å²) >= 11 is 0. The number of nitrogens with one attached hydrogen (secondary N) is 1. The second kappa shape index (κ2) is 7.37. The number of esters is 1. The molecule has 1 aromatic carbocycles. The molecule has 7 nitrogen and oxygen atoms in total. The second-order valence-electron chi connectivity index (χ2n) is 5.04. The fourth-order valence-electron chi connectivity index (χ4n) is 1.88. The number of rotatable bonds is 6. The van der Waals surface area contributed by atoms with E-state index < -0.39 is 27.8 Å². The number of ether oxygens (including phenoxy) is 1. The number of nitrogens with two attached hydrogens (primary N) is 1. The summed E-state index contributed by atoms with van der Waals surface area (Å²) in [4.78, 5) is 24.0. The summed E-state index contributed by atoms with van der Waals surface area (Å²) in [5, 5.41) is 7.55. The van der Waals surface area contributed by atoms with Gasteiger partial charge in [0, 0.05) is 5.69 Å². The van der Waals surface area contributed by atoms with Crippen molar-refractivity contribution in [3.63, 3.8) is 0 Å². The number of hydrogen-bond acceptors (Lipinski definition) is 5. The first-order valence-electron chi connectivity index (χ1n) is 6.77. The van der Waals surface area contributed by atoms with Gasteiger partial charge in [-0.3, -0.25) is 9.59 Å². The Morgan fingerprint density at radius 2 is 1.95 bits per heavy atom. The predicted molar refractivity (Wildman–Crippen MR) is 81.4 cm³/mol. The van der Waals surface area contributed by atoms with Gasteiger partial charge >= 0.3 is 5.97 Å². The Morgan fingerprint density at radius 1 is 1.32 bits per heavy atom. The summed E-state index contributed by atoms with van der Waals surface area (Å²) in [7, 11) is -3.87. The molecular weight excluding hydrogens is 308 g/mol. The van der Waals surface area contributed by atoms with Crippen molar-refractivity contribution in [2.45, 2.75) is 25.7 Å². The predicted octanol–water partition coefficient (Wildman–Crippen LogP) is 1.11. The fraction of sp³-hybridized carbons (Fsp3) is 0.429. The highest BCUT2D eigenvalue weighted by molar-refractivity contribution is 7.89. The molecule has 1 aromatic rings. The van der Waals surface area contributed by atoms with E-state index in [4.69, 9.17) is 9.88 Å². The van der Waals surface area contributed by atoms with E-state index in [1.165, 1.54) is 24.3 Å². The highest BCUT2D eigenvalue weighted by Crippen LogP contribution is 2.19. The van der Waals surface area contributed by atoms with Crippen molar-refractivity contribution in [3.05, 3.63) is 24.3 Å². The summed E-state index contributed by atoms with van der Waals surface area (Å²) in [6, 6.07) is 5.51. The maximum Gasteiger partial charge on any atom is 0.318 e. The van der Waals surface area contributed by atoms with Crippen molar-refractivity contribution in [2.24, 2.45) is 17.0 Å². The van der Waals surface area contributed by atoms with E-state index in [1.54, 1.807) is 20.8 Å². The van der Waals surface area contributed by atoms with Crippen LogP contribution in [0.15, 0.2) is 29.2 Å². The number of anilines is 1. The van der Waals surface area contributed by atoms with Gasteiger partial charge in [0.15, 0.2) is 0 Å². The second-order valence-corrected chi connectivity index (χ2v) is 6.60. The van der Waals surface area contributed by atoms with Gasteiger partial charge in [0.1, 0.15) is 5.92 Å². The SMILES string of the molecule is CCOC(=O)C(C(=O)Nc1cccc(S(N)(=O)=O)c1)C(C)C. The average Bonchev–Trinajstić information content (AvgIpc) is 2.37. The summed E-state index contributed by atoms with van der Waals surface area (Å²) in [6.45, 7) is 5.28. The molecule has 0 radical (unpaired) electrons. The fourth-order valence-corrected chi connectivity index (χ4v) is 2.44. The van der Waals surface area contributed by atoms with Gasteiger partial charge in [-0.15, -0.1) is 0 Å². The number of carbonyl (C=O) groups excluding carboxylic acids is 2. The molecule has 0 aliphatic heterocycles. The Labute approximate surface area is 129 Å². The minimum atomic E-state index is -3.87. The average molecular weight is 328 g/mol. The first-order valence-corrected chi connectivity index (χ1v) is 8.31. The highest BCUT2D eigenvalue weighted by Gasteiger charge is 2.31. The van der Waals surface area contributed by atoms with E-state index in [2.05, 4.69) is 5.32 Å². The molecule has 0 spiro atoms. The minimum absolute atomic E-state index is 0.123. The lowest BCUT2D eigenvalue weighted by molar-refractivity contribution is -0.152. The van der Waals surface area contributed by atoms with Gasteiger partial charge < -0.3 is 10.1 Å². The zero-order valence-electron chi connectivity index (χ0n) is 12.7. The minimum Gasteiger partial charge on any atom is -0.465 e. The highest BCUT2D eigenvalue weighted by atomic mass is 32.2. The van der Waals surface area contributed by atoms with E-state index >= 15 is 0 Å². The van der Waals surface area contributed by atoms with Crippen molar-refractivity contribution < 1.29 is 22.7 Å². The van der Waals surface area contributed by atoms with Gasteiger partial charge in [-0.2, -0.15) is 0 Å². The number of hydrogen-bond donors (Lipinski definition) is 2. The first kappa shape index (κ1) is 18.1. The van der Waals surface area contributed by atoms with Gasteiger partial charge in [0.2, 0.25) is 15.9 Å². The molecule has 0 saturated carbocycles. The van der Waals surface area contributed by atoms with Crippen LogP contribution in [0.5, 0.6) is 0 Å². The molecule has 122 valence electrons. The molecule has 1 rings (SSSR count). The lowest BCUT2D eigenvalue weighted by Gasteiger charge is -2.18. The molecule has 0 saturated heterocycles. The zero-order valence-corrected chi connectivity index (χ0v) is 13.5. The number of benzene rings is 1. The smallest absolute Gasteiger partial charge is 0.318 e. The molecule has 1 amide bonds. The molecule has 0 aliphatic carbocycles. The van der Waals surface area contributed by atoms with Crippen LogP contribution in [0, 0.1) is 11.8 Å². The number of amides is 1. The van der Waals surface area contributed by atoms with E-state index in [0.29, 0.717) is 0 Å². The van der Waals surface area contributed by atoms with E-state index in [1.807, 2.05) is 0 Å². The quantitative estimate of drug-likeness (QED) is 0.599. The third-order valence-corrected chi connectivity index (χ3v) is 3.83. The molecular formula is C14H20N2O5S. The van der Waals surface area contributed by atoms with Crippen LogP contribution in [0.3, 0.4) is 0 Å². The number of sulfonamides is 1. The van der Waals surface area contributed by atoms with Gasteiger partial charge in [-0.25, -0.2) is 13.6 Å². The Balaban J connectivity index is 2.97. The molecule has 1 atom stereocenters. The number of carbonyl (C=O) groups is 2. The molecule has 0 fully saturated rings. The summed E-state index contributed by atoms with van der Waals surface area (Å²) in [6.07, 6.45) is 0. The Hall–Kier alpha value is -1.93. The van der Waals surface area contributed by atoms with E-state index in [9.17, 15) is 18.0 Å². The summed E-state index contributed by atoms with van der Waals surface area (Å²) < 4.78 is 27.5. The van der Waals surface area contributed by atoms with Crippen molar-refractivity contribution in [1.82, 2.24) is 0 Å². The topological polar surface area (TPSA) is 116 Å². The molecule has 1 unspecified atom stereocenters. The lowest BCUT2D eigenvalue weighted by Crippen LogP contribution is -2.35. The van der Waals surface area contributed by atoms with E-state index in [0.717, 1.165) is 0 Å². The Kier molecular flexibility index (Phi) is 6.07. The van der Waals surface area contributed by atoms with Gasteiger partial charge in [0.05, 0.1) is 11.5 Å². The van der Waals surface area contributed by atoms with Gasteiger partial charge in [0.25, 0.3) is 0 Å². The largest absolute Gasteiger partial charge is 0.465 e. The van der Waals surface area contributed by atoms with Crippen LogP contribution in [0.1, 0.15) is 20.8 Å². The Morgan fingerprint density at radius 3 is 2.45 bits per heavy atom. The molecule has 22 heavy (non-hydrogen) atoms. The first-order chi connectivity index (χ1) is 10.2. The van der Waals surface area contributed by atoms with Crippen LogP contribution in [0.2, 0.25) is 0 Å². The third kappa shape index (κ3) is 4.81. The normalized spacial score (nSPS) is 12.8. The standard InChI is InChI=1S/C14H20N2O5S/c1-4-21-14(18)12(9(2)3)13(17)16-10-6-5-7-11(8-10)22(15,19)20/h5-9,12H,4H2,1-3H3,(H,16,17)(H2,15,19,20). The molecule has 8 heteroatoms. The molecule has 0 aliphatic rings. The summed E-state index contributed by atoms with van der Waals surface area (Å²) in [5.74, 6) is -2.41. The van der Waals surface area contributed by atoms with Gasteiger partial charge in [-0.1, -0.05) is 19.9 Å². The molecule has 0 aromatic heterocycles. The Bertz CT molecular complexity index is 655. The van der Waals surface area contributed by atoms with Crippen molar-refractivity contribution in [1.29, 1.82) is 0 Å². The maximum atomic E-state index is 12.2. The van der Waals surface area contributed by atoms with Crippen LogP contribution in [-0.2, 0) is 24.3 Å².